The van der Waals surface area contributed by atoms with Crippen LogP contribution in [0.5, 0.6) is 0 Å². The van der Waals surface area contributed by atoms with Crippen LogP contribution in [0.25, 0.3) is 0 Å². The number of aliphatic carboxylic acids is 1. The molecule has 0 fully saturated rings. The van der Waals surface area contributed by atoms with Gasteiger partial charge in [0.1, 0.15) is 12.6 Å². The van der Waals surface area contributed by atoms with Crippen LogP contribution in [0, 0.1) is 0 Å². The van der Waals surface area contributed by atoms with Crippen molar-refractivity contribution in [3.63, 3.8) is 0 Å². The van der Waals surface area contributed by atoms with E-state index in [9.17, 15) is 19.5 Å². The monoisotopic (exact) mass is 824 g/mol. The number of carbonyl (C=O) groups is 3. The highest BCUT2D eigenvalue weighted by atomic mass is 16.6. The van der Waals surface area contributed by atoms with Crippen molar-refractivity contribution in [3.8, 4) is 0 Å². The molecule has 0 aromatic rings. The molecule has 0 amide bonds. The number of ether oxygens (including phenoxy) is 3. The van der Waals surface area contributed by atoms with Crippen LogP contribution in [0.15, 0.2) is 85.1 Å². The number of esters is 2. The number of quaternary nitrogens is 1. The maximum atomic E-state index is 12.7. The molecular weight excluding hydrogens is 739 g/mol. The largest absolute Gasteiger partial charge is 0.544 e. The highest BCUT2D eigenvalue weighted by molar-refractivity contribution is 5.70. The van der Waals surface area contributed by atoms with Crippen molar-refractivity contribution in [1.82, 2.24) is 0 Å². The van der Waals surface area contributed by atoms with Gasteiger partial charge in [0.05, 0.1) is 40.3 Å². The fourth-order valence-corrected chi connectivity index (χ4v) is 6.18. The molecule has 0 aliphatic heterocycles. The van der Waals surface area contributed by atoms with Gasteiger partial charge in [0.25, 0.3) is 0 Å². The first-order chi connectivity index (χ1) is 28.6. The van der Waals surface area contributed by atoms with Crippen molar-refractivity contribution in [2.24, 2.45) is 0 Å². The number of likely N-dealkylation sites (N-methyl/N-ethyl adjacent to an activating group) is 1. The zero-order valence-electron chi connectivity index (χ0n) is 38.1. The minimum Gasteiger partial charge on any atom is -0.544 e. The van der Waals surface area contributed by atoms with Crippen molar-refractivity contribution in [2.45, 2.75) is 180 Å². The Kier molecular flexibility index (Phi) is 38.8. The zero-order chi connectivity index (χ0) is 43.5. The van der Waals surface area contributed by atoms with Gasteiger partial charge < -0.3 is 28.6 Å². The molecule has 8 nitrogen and oxygen atoms in total. The second-order valence-corrected chi connectivity index (χ2v) is 16.3. The molecule has 2 atom stereocenters. The van der Waals surface area contributed by atoms with E-state index < -0.39 is 18.1 Å². The number of carboxylic acid groups (broad SMARTS) is 1. The van der Waals surface area contributed by atoms with Crippen LogP contribution in [-0.2, 0) is 28.6 Å². The van der Waals surface area contributed by atoms with Crippen LogP contribution in [0.3, 0.4) is 0 Å². The Balaban J connectivity index is 4.35. The second kappa shape index (κ2) is 41.3. The standard InChI is InChI=1S/C51H85NO7/c1-6-8-10-12-14-16-18-20-21-22-23-24-25-26-27-28-29-30-32-33-35-37-39-41-49(53)58-46-47(45-57-44-43-48(51(55)56)52(3,4)5)59-50(54)42-40-38-36-34-31-19-17-15-13-11-9-7-2/h8,10,14-17,20-21,23-24,26-27,29-30,47-48H,6-7,9,11-13,18-19,22,25,28,31-46H2,1-5H3/b10-8+,16-14+,17-15+,21-20+,24-23+,27-26+,30-29+. The minimum absolute atomic E-state index is 0.0243. The van der Waals surface area contributed by atoms with Crippen molar-refractivity contribution < 1.29 is 38.2 Å². The molecule has 0 spiro atoms. The first-order valence-corrected chi connectivity index (χ1v) is 23.1. The lowest BCUT2D eigenvalue weighted by atomic mass is 10.1. The number of carbonyl (C=O) groups excluding carboxylic acids is 3. The lowest BCUT2D eigenvalue weighted by Crippen LogP contribution is -2.55. The molecule has 0 aliphatic carbocycles. The van der Waals surface area contributed by atoms with E-state index in [1.165, 1.54) is 25.7 Å². The van der Waals surface area contributed by atoms with E-state index >= 15 is 0 Å². The first-order valence-electron chi connectivity index (χ1n) is 23.1. The summed E-state index contributed by atoms with van der Waals surface area (Å²) in [7, 11) is 5.39. The Hall–Kier alpha value is -3.49. The van der Waals surface area contributed by atoms with Gasteiger partial charge in [0.15, 0.2) is 6.10 Å². The molecule has 0 aromatic heterocycles. The average molecular weight is 824 g/mol. The Morgan fingerprint density at radius 2 is 0.949 bits per heavy atom. The van der Waals surface area contributed by atoms with Gasteiger partial charge in [-0.1, -0.05) is 144 Å². The average Bonchev–Trinajstić information content (AvgIpc) is 3.19. The molecule has 59 heavy (non-hydrogen) atoms. The number of rotatable bonds is 40. The quantitative estimate of drug-likeness (QED) is 0.0262. The smallest absolute Gasteiger partial charge is 0.306 e. The van der Waals surface area contributed by atoms with Crippen LogP contribution in [-0.4, -0.2) is 75.5 Å². The van der Waals surface area contributed by atoms with Gasteiger partial charge in [-0.05, 0) is 89.9 Å². The highest BCUT2D eigenvalue weighted by Gasteiger charge is 2.25. The highest BCUT2D eigenvalue weighted by Crippen LogP contribution is 2.12. The van der Waals surface area contributed by atoms with E-state index in [-0.39, 0.29) is 42.7 Å². The van der Waals surface area contributed by atoms with Crippen LogP contribution < -0.4 is 5.11 Å². The summed E-state index contributed by atoms with van der Waals surface area (Å²) in [5, 5.41) is 11.6. The Labute approximate surface area is 361 Å². The molecule has 0 heterocycles. The van der Waals surface area contributed by atoms with Gasteiger partial charge in [-0.25, -0.2) is 0 Å². The predicted octanol–water partition coefficient (Wildman–Crippen LogP) is 11.6. The van der Waals surface area contributed by atoms with Crippen LogP contribution in [0.4, 0.5) is 0 Å². The van der Waals surface area contributed by atoms with Gasteiger partial charge >= 0.3 is 11.9 Å². The topological polar surface area (TPSA) is 102 Å². The third-order valence-corrected chi connectivity index (χ3v) is 9.77. The molecule has 0 saturated heterocycles. The number of nitrogens with zero attached hydrogens (tertiary/aromatic N) is 1. The van der Waals surface area contributed by atoms with Crippen molar-refractivity contribution in [2.75, 3.05) is 41.0 Å². The van der Waals surface area contributed by atoms with Crippen molar-refractivity contribution in [3.05, 3.63) is 85.1 Å². The van der Waals surface area contributed by atoms with E-state index in [2.05, 4.69) is 98.9 Å². The fourth-order valence-electron chi connectivity index (χ4n) is 6.18. The minimum atomic E-state index is -1.13. The summed E-state index contributed by atoms with van der Waals surface area (Å²) in [5.74, 6) is -1.79. The molecule has 0 saturated carbocycles. The second-order valence-electron chi connectivity index (χ2n) is 16.3. The summed E-state index contributed by atoms with van der Waals surface area (Å²) < 4.78 is 17.1. The SMILES string of the molecule is CC/C=C/C/C=C/C/C=C/C/C=C/C/C=C/C/C=C/CCCCCCC(=O)OCC(COCCC(C(=O)[O-])[N+](C)(C)C)OC(=O)CCCCCCC/C=C/CCCCC. The summed E-state index contributed by atoms with van der Waals surface area (Å²) >= 11 is 0. The third kappa shape index (κ3) is 39.7. The molecule has 0 aromatic carbocycles. The van der Waals surface area contributed by atoms with E-state index in [1.54, 1.807) is 21.1 Å². The Morgan fingerprint density at radius 3 is 1.42 bits per heavy atom. The molecule has 0 radical (unpaired) electrons. The Morgan fingerprint density at radius 1 is 0.525 bits per heavy atom. The van der Waals surface area contributed by atoms with Crippen LogP contribution in [0.1, 0.15) is 168 Å². The summed E-state index contributed by atoms with van der Waals surface area (Å²) in [6, 6.07) is -0.735. The van der Waals surface area contributed by atoms with Crippen molar-refractivity contribution >= 4 is 17.9 Å². The number of unbranched alkanes of at least 4 members (excludes halogenated alkanes) is 12. The Bertz CT molecular complexity index is 1240. The van der Waals surface area contributed by atoms with Gasteiger partial charge in [0.2, 0.25) is 0 Å². The molecule has 2 unspecified atom stereocenters. The maximum Gasteiger partial charge on any atom is 0.306 e. The molecule has 8 heteroatoms. The summed E-state index contributed by atoms with van der Waals surface area (Å²) in [6.07, 6.45) is 53.2. The summed E-state index contributed by atoms with van der Waals surface area (Å²) in [5.41, 5.74) is 0. The lowest BCUT2D eigenvalue weighted by Gasteiger charge is -2.34. The number of allylic oxidation sites excluding steroid dienone is 14. The van der Waals surface area contributed by atoms with Crippen LogP contribution in [0.2, 0.25) is 0 Å². The fraction of sp³-hybridized carbons (Fsp3) is 0.667. The molecule has 336 valence electrons. The molecule has 0 bridgehead atoms. The number of hydrogen-bond donors (Lipinski definition) is 0. The predicted molar refractivity (Wildman–Crippen MR) is 245 cm³/mol. The number of hydrogen-bond acceptors (Lipinski definition) is 7. The maximum absolute atomic E-state index is 12.7. The number of carboxylic acids is 1. The van der Waals surface area contributed by atoms with Gasteiger partial charge in [0, 0.05) is 19.3 Å². The molecular formula is C51H85NO7. The molecule has 0 rings (SSSR count). The van der Waals surface area contributed by atoms with E-state index in [0.717, 1.165) is 109 Å². The van der Waals surface area contributed by atoms with Crippen molar-refractivity contribution in [1.29, 1.82) is 0 Å². The normalized spacial score (nSPS) is 13.7. The molecule has 0 N–H and O–H groups in total. The van der Waals surface area contributed by atoms with Gasteiger partial charge in [-0.3, -0.25) is 9.59 Å². The summed E-state index contributed by atoms with van der Waals surface area (Å²) in [6.45, 7) is 4.47. The lowest BCUT2D eigenvalue weighted by molar-refractivity contribution is -0.889. The van der Waals surface area contributed by atoms with E-state index in [0.29, 0.717) is 12.8 Å². The third-order valence-electron chi connectivity index (χ3n) is 9.77. The van der Waals surface area contributed by atoms with E-state index in [4.69, 9.17) is 14.2 Å². The van der Waals surface area contributed by atoms with Gasteiger partial charge in [-0.2, -0.15) is 0 Å². The first kappa shape index (κ1) is 55.5. The van der Waals surface area contributed by atoms with E-state index in [1.807, 2.05) is 0 Å². The van der Waals surface area contributed by atoms with Gasteiger partial charge in [-0.15, -0.1) is 0 Å². The zero-order valence-corrected chi connectivity index (χ0v) is 38.1. The molecule has 0 aliphatic rings. The summed E-state index contributed by atoms with van der Waals surface area (Å²) in [4.78, 5) is 36.9. The van der Waals surface area contributed by atoms with Crippen LogP contribution >= 0.6 is 0 Å².